The maximum Gasteiger partial charge on any atom is 0.0406 e. The van der Waals surface area contributed by atoms with Crippen LogP contribution in [0.3, 0.4) is 0 Å². The van der Waals surface area contributed by atoms with Crippen LogP contribution in [0.4, 0.5) is 0 Å². The summed E-state index contributed by atoms with van der Waals surface area (Å²) in [6.45, 7) is 0. The highest BCUT2D eigenvalue weighted by Gasteiger charge is 2.20. The molecule has 1 aliphatic carbocycles. The minimum absolute atomic E-state index is 0.773. The molecule has 0 amide bonds. The number of hydrogen-bond acceptors (Lipinski definition) is 0. The summed E-state index contributed by atoms with van der Waals surface area (Å²) in [6.07, 6.45) is 2.39. The van der Waals surface area contributed by atoms with E-state index in [0.29, 0.717) is 0 Å². The highest BCUT2D eigenvalue weighted by molar-refractivity contribution is 6.31. The van der Waals surface area contributed by atoms with Crippen LogP contribution in [-0.2, 0) is 0 Å². The highest BCUT2D eigenvalue weighted by atomic mass is 35.5. The van der Waals surface area contributed by atoms with Gasteiger partial charge in [-0.25, -0.2) is 0 Å². The molecule has 0 saturated heterocycles. The minimum Gasteiger partial charge on any atom is -0.0843 e. The number of benzene rings is 2. The lowest BCUT2D eigenvalue weighted by Crippen LogP contribution is -1.87. The Labute approximate surface area is 117 Å². The van der Waals surface area contributed by atoms with Crippen molar-refractivity contribution in [2.75, 3.05) is 0 Å². The summed E-state index contributed by atoms with van der Waals surface area (Å²) in [6, 6.07) is 16.1. The van der Waals surface area contributed by atoms with Gasteiger partial charge < -0.3 is 0 Å². The molecule has 0 N–H and O–H groups in total. The molecule has 2 heteroatoms. The molecule has 0 atom stereocenters. The molecule has 0 unspecified atom stereocenters. The second-order valence-corrected chi connectivity index (χ2v) is 5.37. The van der Waals surface area contributed by atoms with Crippen molar-refractivity contribution in [2.45, 2.75) is 12.8 Å². The van der Waals surface area contributed by atoms with E-state index in [2.05, 4.69) is 24.3 Å². The SMILES string of the molecule is Clc1ccc(C(=C2CC2)c2ccc(Cl)cc2)cc1. The van der Waals surface area contributed by atoms with E-state index in [0.717, 1.165) is 10.0 Å². The van der Waals surface area contributed by atoms with Crippen molar-refractivity contribution in [1.29, 1.82) is 0 Å². The molecule has 2 aromatic carbocycles. The van der Waals surface area contributed by atoms with Crippen molar-refractivity contribution < 1.29 is 0 Å². The highest BCUT2D eigenvalue weighted by Crippen LogP contribution is 2.40. The molecule has 0 heterocycles. The van der Waals surface area contributed by atoms with Crippen LogP contribution >= 0.6 is 23.2 Å². The molecule has 2 aromatic rings. The third-order valence-corrected chi connectivity index (χ3v) is 3.62. The molecule has 0 aromatic heterocycles. The van der Waals surface area contributed by atoms with Gasteiger partial charge in [0.25, 0.3) is 0 Å². The lowest BCUT2D eigenvalue weighted by atomic mass is 9.97. The molecule has 90 valence electrons. The second-order valence-electron chi connectivity index (χ2n) is 4.49. The zero-order valence-electron chi connectivity index (χ0n) is 9.79. The number of halogens is 2. The average Bonchev–Trinajstić information content (AvgIpc) is 3.19. The smallest absolute Gasteiger partial charge is 0.0406 e. The quantitative estimate of drug-likeness (QED) is 0.670. The Morgan fingerprint density at radius 3 is 1.39 bits per heavy atom. The van der Waals surface area contributed by atoms with Crippen molar-refractivity contribution in [3.63, 3.8) is 0 Å². The third kappa shape index (κ3) is 2.45. The first-order valence-corrected chi connectivity index (χ1v) is 6.73. The monoisotopic (exact) mass is 274 g/mol. The van der Waals surface area contributed by atoms with Gasteiger partial charge in [-0.1, -0.05) is 53.0 Å². The van der Waals surface area contributed by atoms with Crippen molar-refractivity contribution in [2.24, 2.45) is 0 Å². The van der Waals surface area contributed by atoms with Crippen LogP contribution in [0.25, 0.3) is 5.57 Å². The zero-order chi connectivity index (χ0) is 12.5. The summed E-state index contributed by atoms with van der Waals surface area (Å²) in [5, 5.41) is 1.55. The molecule has 0 aliphatic heterocycles. The van der Waals surface area contributed by atoms with Crippen LogP contribution in [0.2, 0.25) is 10.0 Å². The molecule has 0 bridgehead atoms. The lowest BCUT2D eigenvalue weighted by molar-refractivity contribution is 1.50. The van der Waals surface area contributed by atoms with E-state index in [9.17, 15) is 0 Å². The second kappa shape index (κ2) is 4.79. The molecule has 1 aliphatic rings. The average molecular weight is 275 g/mol. The Balaban J connectivity index is 2.07. The Morgan fingerprint density at radius 1 is 0.667 bits per heavy atom. The van der Waals surface area contributed by atoms with E-state index >= 15 is 0 Å². The molecule has 0 spiro atoms. The van der Waals surface area contributed by atoms with E-state index in [-0.39, 0.29) is 0 Å². The zero-order valence-corrected chi connectivity index (χ0v) is 11.3. The topological polar surface area (TPSA) is 0 Å². The van der Waals surface area contributed by atoms with Crippen LogP contribution in [0.15, 0.2) is 54.1 Å². The van der Waals surface area contributed by atoms with Gasteiger partial charge in [-0.05, 0) is 53.8 Å². The molecule has 18 heavy (non-hydrogen) atoms. The summed E-state index contributed by atoms with van der Waals surface area (Å²) in [5.74, 6) is 0. The van der Waals surface area contributed by atoms with Gasteiger partial charge in [0.1, 0.15) is 0 Å². The van der Waals surface area contributed by atoms with Gasteiger partial charge in [0.2, 0.25) is 0 Å². The van der Waals surface area contributed by atoms with Crippen molar-refractivity contribution in [1.82, 2.24) is 0 Å². The Kier molecular flexibility index (Phi) is 3.15. The van der Waals surface area contributed by atoms with Crippen molar-refractivity contribution in [3.05, 3.63) is 75.3 Å². The normalized spacial score (nSPS) is 13.6. The first kappa shape index (κ1) is 11.8. The van der Waals surface area contributed by atoms with Crippen LogP contribution in [0.1, 0.15) is 24.0 Å². The Bertz CT molecular complexity index is 538. The summed E-state index contributed by atoms with van der Waals surface area (Å²) in [5.41, 5.74) is 5.31. The summed E-state index contributed by atoms with van der Waals surface area (Å²) in [4.78, 5) is 0. The van der Waals surface area contributed by atoms with Crippen LogP contribution in [0, 0.1) is 0 Å². The fourth-order valence-corrected chi connectivity index (χ4v) is 2.37. The van der Waals surface area contributed by atoms with Gasteiger partial charge in [-0.3, -0.25) is 0 Å². The Morgan fingerprint density at radius 2 is 1.06 bits per heavy atom. The number of allylic oxidation sites excluding steroid dienone is 1. The summed E-state index contributed by atoms with van der Waals surface area (Å²) >= 11 is 11.9. The van der Waals surface area contributed by atoms with Gasteiger partial charge in [0.05, 0.1) is 0 Å². The predicted molar refractivity (Wildman–Crippen MR) is 78.2 cm³/mol. The van der Waals surface area contributed by atoms with Crippen LogP contribution in [0.5, 0.6) is 0 Å². The van der Waals surface area contributed by atoms with E-state index in [1.807, 2.05) is 24.3 Å². The molecule has 1 fully saturated rings. The van der Waals surface area contributed by atoms with Crippen molar-refractivity contribution in [3.8, 4) is 0 Å². The molecule has 0 radical (unpaired) electrons. The maximum atomic E-state index is 5.94. The van der Waals surface area contributed by atoms with Gasteiger partial charge in [0, 0.05) is 10.0 Å². The third-order valence-electron chi connectivity index (χ3n) is 3.12. The maximum absolute atomic E-state index is 5.94. The lowest BCUT2D eigenvalue weighted by Gasteiger charge is -2.08. The first-order valence-electron chi connectivity index (χ1n) is 5.98. The van der Waals surface area contributed by atoms with Gasteiger partial charge in [-0.2, -0.15) is 0 Å². The first-order chi connectivity index (χ1) is 8.74. The fourth-order valence-electron chi connectivity index (χ4n) is 2.12. The van der Waals surface area contributed by atoms with E-state index in [1.54, 1.807) is 0 Å². The van der Waals surface area contributed by atoms with Crippen LogP contribution in [-0.4, -0.2) is 0 Å². The predicted octanol–water partition coefficient (Wildman–Crippen LogP) is 5.59. The van der Waals surface area contributed by atoms with Gasteiger partial charge in [0.15, 0.2) is 0 Å². The van der Waals surface area contributed by atoms with Crippen molar-refractivity contribution >= 4 is 28.8 Å². The molecule has 1 saturated carbocycles. The largest absolute Gasteiger partial charge is 0.0843 e. The van der Waals surface area contributed by atoms with E-state index in [1.165, 1.54) is 35.1 Å². The van der Waals surface area contributed by atoms with Gasteiger partial charge >= 0.3 is 0 Å². The fraction of sp³-hybridized carbons (Fsp3) is 0.125. The van der Waals surface area contributed by atoms with Gasteiger partial charge in [-0.15, -0.1) is 0 Å². The molecule has 0 nitrogen and oxygen atoms in total. The van der Waals surface area contributed by atoms with E-state index < -0.39 is 0 Å². The number of hydrogen-bond donors (Lipinski definition) is 0. The minimum atomic E-state index is 0.773. The van der Waals surface area contributed by atoms with E-state index in [4.69, 9.17) is 23.2 Å². The van der Waals surface area contributed by atoms with Crippen LogP contribution < -0.4 is 0 Å². The molecular weight excluding hydrogens is 263 g/mol. The summed E-state index contributed by atoms with van der Waals surface area (Å²) in [7, 11) is 0. The molecular formula is C16H12Cl2. The molecule has 3 rings (SSSR count). The Hall–Kier alpha value is -1.24. The standard InChI is InChI=1S/C16H12Cl2/c17-14-7-3-12(4-8-14)16(11-1-2-11)13-5-9-15(18)10-6-13/h3-10H,1-2H2. The number of rotatable bonds is 2. The summed E-state index contributed by atoms with van der Waals surface area (Å²) < 4.78 is 0.